The fourth-order valence-electron chi connectivity index (χ4n) is 1.25. The van der Waals surface area contributed by atoms with Gasteiger partial charge in [-0.25, -0.2) is 0 Å². The van der Waals surface area contributed by atoms with Crippen LogP contribution in [0, 0.1) is 0 Å². The molecule has 0 bridgehead atoms. The minimum absolute atomic E-state index is 1.09. The van der Waals surface area contributed by atoms with E-state index in [0.717, 1.165) is 13.0 Å². The summed E-state index contributed by atoms with van der Waals surface area (Å²) in [7, 11) is 4.20. The first-order valence-electron chi connectivity index (χ1n) is 5.31. The van der Waals surface area contributed by atoms with Crippen LogP contribution in [0.25, 0.3) is 0 Å². The molecule has 0 aromatic heterocycles. The maximum absolute atomic E-state index is 2.20. The molecule has 0 radical (unpaired) electrons. The van der Waals surface area contributed by atoms with Gasteiger partial charge in [0.25, 0.3) is 0 Å². The molecule has 80 valence electrons. The number of nitrogens with zero attached hydrogens (tertiary/aromatic N) is 1. The highest BCUT2D eigenvalue weighted by Crippen LogP contribution is 1.97. The zero-order valence-electron chi connectivity index (χ0n) is 9.56. The first kappa shape index (κ1) is 11.7. The summed E-state index contributed by atoms with van der Waals surface area (Å²) in [5.74, 6) is 0. The van der Waals surface area contributed by atoms with E-state index in [1.165, 1.54) is 5.56 Å². The molecule has 0 saturated carbocycles. The molecule has 0 fully saturated rings. The quantitative estimate of drug-likeness (QED) is 0.727. The maximum Gasteiger partial charge on any atom is 0.00157 e. The van der Waals surface area contributed by atoms with Crippen molar-refractivity contribution in [3.8, 4) is 0 Å². The summed E-state index contributed by atoms with van der Waals surface area (Å²) in [6.45, 7) is 1.09. The van der Waals surface area contributed by atoms with Crippen LogP contribution >= 0.6 is 0 Å². The number of hydrogen-bond donors (Lipinski definition) is 0. The molecule has 1 heteroatoms. The predicted molar refractivity (Wildman–Crippen MR) is 66.3 cm³/mol. The van der Waals surface area contributed by atoms with Crippen molar-refractivity contribution in [2.45, 2.75) is 6.42 Å². The molecule has 0 saturated heterocycles. The van der Waals surface area contributed by atoms with Gasteiger partial charge in [0.1, 0.15) is 0 Å². The molecule has 1 aromatic carbocycles. The van der Waals surface area contributed by atoms with Gasteiger partial charge in [-0.2, -0.15) is 0 Å². The third kappa shape index (κ3) is 5.87. The zero-order chi connectivity index (χ0) is 10.9. The average Bonchev–Trinajstić information content (AvgIpc) is 2.23. The highest BCUT2D eigenvalue weighted by molar-refractivity contribution is 5.12. The highest BCUT2D eigenvalue weighted by Gasteiger charge is 1.90. The lowest BCUT2D eigenvalue weighted by atomic mass is 10.2. The second kappa shape index (κ2) is 7.02. The largest absolute Gasteiger partial charge is 0.309 e. The molecule has 0 aliphatic carbocycles. The summed E-state index contributed by atoms with van der Waals surface area (Å²) < 4.78 is 0. The molecule has 0 atom stereocenters. The van der Waals surface area contributed by atoms with Crippen molar-refractivity contribution in [1.82, 2.24) is 4.90 Å². The third-order valence-corrected chi connectivity index (χ3v) is 2.13. The zero-order valence-corrected chi connectivity index (χ0v) is 9.56. The Kier molecular flexibility index (Phi) is 5.49. The Morgan fingerprint density at radius 3 is 1.73 bits per heavy atom. The van der Waals surface area contributed by atoms with E-state index >= 15 is 0 Å². The molecule has 1 nitrogen and oxygen atoms in total. The number of likely N-dealkylation sites (N-methyl/N-ethyl adjacent to an activating group) is 1. The van der Waals surface area contributed by atoms with E-state index < -0.39 is 0 Å². The summed E-state index contributed by atoms with van der Waals surface area (Å²) in [6.07, 6.45) is 1.09. The van der Waals surface area contributed by atoms with Crippen LogP contribution in [0.1, 0.15) is 5.56 Å². The van der Waals surface area contributed by atoms with E-state index in [2.05, 4.69) is 55.4 Å². The van der Waals surface area contributed by atoms with Gasteiger partial charge in [0.2, 0.25) is 0 Å². The monoisotopic (exact) mass is 201 g/mol. The van der Waals surface area contributed by atoms with Gasteiger partial charge in [-0.3, -0.25) is 0 Å². The van der Waals surface area contributed by atoms with Crippen molar-refractivity contribution in [2.75, 3.05) is 20.6 Å². The molecule has 1 rings (SSSR count). The lowest BCUT2D eigenvalue weighted by Crippen LogP contribution is -2.14. The second-order valence-electron chi connectivity index (χ2n) is 3.81. The summed E-state index contributed by atoms with van der Waals surface area (Å²) in [5, 5.41) is 0. The van der Waals surface area contributed by atoms with Crippen molar-refractivity contribution in [1.29, 1.82) is 0 Å². The van der Waals surface area contributed by atoms with Crippen LogP contribution in [0.5, 0.6) is 0 Å². The Hall–Kier alpha value is -1.34. The molecule has 0 heterocycles. The van der Waals surface area contributed by atoms with Crippen LogP contribution in [0.4, 0.5) is 0 Å². The van der Waals surface area contributed by atoms with Gasteiger partial charge < -0.3 is 4.90 Å². The van der Waals surface area contributed by atoms with E-state index in [9.17, 15) is 0 Å². The molecule has 0 aliphatic rings. The molecule has 0 amide bonds. The van der Waals surface area contributed by atoms with Crippen LogP contribution in [0.2, 0.25) is 0 Å². The smallest absolute Gasteiger partial charge is 0.00157 e. The molecular weight excluding hydrogens is 182 g/mol. The maximum atomic E-state index is 2.20. The van der Waals surface area contributed by atoms with Gasteiger partial charge in [0, 0.05) is 6.54 Å². The Bertz CT molecular complexity index is 305. The van der Waals surface area contributed by atoms with Gasteiger partial charge in [-0.05, 0) is 26.1 Å². The second-order valence-corrected chi connectivity index (χ2v) is 3.81. The summed E-state index contributed by atoms with van der Waals surface area (Å²) in [4.78, 5) is 2.20. The standard InChI is InChI=1S/C14H19N/c1-15(2)13-12-14-10-8-6-4-3-5-7-9-11-14/h3-11H,12-13H2,1-2H3. The predicted octanol–water partition coefficient (Wildman–Crippen LogP) is 2.92. The van der Waals surface area contributed by atoms with Gasteiger partial charge >= 0.3 is 0 Å². The molecular formula is C14H19N. The van der Waals surface area contributed by atoms with Gasteiger partial charge in [0.05, 0.1) is 0 Å². The van der Waals surface area contributed by atoms with Crippen LogP contribution in [0.3, 0.4) is 0 Å². The Morgan fingerprint density at radius 1 is 0.800 bits per heavy atom. The van der Waals surface area contributed by atoms with Gasteiger partial charge in [-0.1, -0.05) is 54.6 Å². The van der Waals surface area contributed by atoms with E-state index in [1.807, 2.05) is 18.2 Å². The van der Waals surface area contributed by atoms with E-state index in [4.69, 9.17) is 0 Å². The van der Waals surface area contributed by atoms with E-state index in [1.54, 1.807) is 0 Å². The molecule has 15 heavy (non-hydrogen) atoms. The van der Waals surface area contributed by atoms with Crippen LogP contribution in [0.15, 0.2) is 54.6 Å². The fourth-order valence-corrected chi connectivity index (χ4v) is 1.25. The van der Waals surface area contributed by atoms with E-state index in [-0.39, 0.29) is 0 Å². The SMILES string of the molecule is CN(C)CCc1ccccccccc1. The topological polar surface area (TPSA) is 3.24 Å². The first-order chi connectivity index (χ1) is 7.29. The highest BCUT2D eigenvalue weighted by atomic mass is 15.0. The third-order valence-electron chi connectivity index (χ3n) is 2.13. The number of rotatable bonds is 3. The number of hydrogen-bond acceptors (Lipinski definition) is 1. The van der Waals surface area contributed by atoms with Crippen LogP contribution in [-0.2, 0) is 6.42 Å². The molecule has 0 aliphatic heterocycles. The molecule has 1 aromatic rings. The average molecular weight is 201 g/mol. The lowest BCUT2D eigenvalue weighted by molar-refractivity contribution is 0.413. The van der Waals surface area contributed by atoms with Gasteiger partial charge in [0.15, 0.2) is 0 Å². The summed E-state index contributed by atoms with van der Waals surface area (Å²) >= 11 is 0. The molecule has 0 unspecified atom stereocenters. The minimum atomic E-state index is 1.09. The first-order valence-corrected chi connectivity index (χ1v) is 5.31. The van der Waals surface area contributed by atoms with Crippen LogP contribution in [-0.4, -0.2) is 25.5 Å². The van der Waals surface area contributed by atoms with E-state index in [0.29, 0.717) is 0 Å². The minimum Gasteiger partial charge on any atom is -0.309 e. The van der Waals surface area contributed by atoms with Crippen molar-refractivity contribution < 1.29 is 0 Å². The normalized spacial score (nSPS) is 9.80. The Balaban J connectivity index is 2.79. The van der Waals surface area contributed by atoms with Crippen molar-refractivity contribution in [3.63, 3.8) is 0 Å². The van der Waals surface area contributed by atoms with Crippen molar-refractivity contribution in [2.24, 2.45) is 0 Å². The van der Waals surface area contributed by atoms with Gasteiger partial charge in [-0.15, -0.1) is 0 Å². The lowest BCUT2D eigenvalue weighted by Gasteiger charge is -2.07. The summed E-state index contributed by atoms with van der Waals surface area (Å²) in [5.41, 5.74) is 1.36. The van der Waals surface area contributed by atoms with Crippen molar-refractivity contribution in [3.05, 3.63) is 60.2 Å². The Morgan fingerprint density at radius 2 is 1.27 bits per heavy atom. The van der Waals surface area contributed by atoms with Crippen molar-refractivity contribution >= 4 is 0 Å². The van der Waals surface area contributed by atoms with Crippen LogP contribution < -0.4 is 0 Å². The fraction of sp³-hybridized carbons (Fsp3) is 0.286. The molecule has 0 spiro atoms. The molecule has 0 N–H and O–H groups in total. The summed E-state index contributed by atoms with van der Waals surface area (Å²) in [6, 6.07) is 18.7. The Labute approximate surface area is 92.7 Å².